The lowest BCUT2D eigenvalue weighted by Crippen LogP contribution is -2.32. The highest BCUT2D eigenvalue weighted by Crippen LogP contribution is 2.32. The van der Waals surface area contributed by atoms with Crippen molar-refractivity contribution in [3.05, 3.63) is 41.5 Å². The minimum Gasteiger partial charge on any atom is -0.496 e. The summed E-state index contributed by atoms with van der Waals surface area (Å²) >= 11 is 0. The van der Waals surface area contributed by atoms with Crippen LogP contribution in [0, 0.1) is 5.92 Å². The van der Waals surface area contributed by atoms with E-state index < -0.39 is 0 Å². The molecule has 2 aromatic rings. The summed E-state index contributed by atoms with van der Waals surface area (Å²) in [5.74, 6) is 2.01. The van der Waals surface area contributed by atoms with Crippen LogP contribution in [0.4, 0.5) is 5.82 Å². The minimum absolute atomic E-state index is 0.516. The second-order valence-corrected chi connectivity index (χ2v) is 6.86. The molecule has 1 atom stereocenters. The van der Waals surface area contributed by atoms with Crippen LogP contribution in [-0.2, 0) is 12.8 Å². The predicted molar refractivity (Wildman–Crippen MR) is 106 cm³/mol. The molecule has 0 bridgehead atoms. The number of hydrogen-bond acceptors (Lipinski definition) is 4. The third kappa shape index (κ3) is 4.95. The monoisotopic (exact) mass is 341 g/mol. The lowest BCUT2D eigenvalue weighted by molar-refractivity contribution is 0.414. The zero-order valence-electron chi connectivity index (χ0n) is 16.1. The largest absolute Gasteiger partial charge is 0.496 e. The molecule has 1 aromatic carbocycles. The lowest BCUT2D eigenvalue weighted by atomic mass is 9.96. The molecule has 25 heavy (non-hydrogen) atoms. The Kier molecular flexibility index (Phi) is 6.82. The van der Waals surface area contributed by atoms with E-state index in [9.17, 15) is 0 Å². The van der Waals surface area contributed by atoms with E-state index >= 15 is 0 Å². The molecule has 0 aliphatic heterocycles. The predicted octanol–water partition coefficient (Wildman–Crippen LogP) is 4.08. The number of nitrogens with one attached hydrogen (secondary N) is 1. The normalized spacial score (nSPS) is 12.4. The molecule has 4 heteroatoms. The second-order valence-electron chi connectivity index (χ2n) is 6.86. The van der Waals surface area contributed by atoms with Gasteiger partial charge in [-0.05, 0) is 67.6 Å². The summed E-state index contributed by atoms with van der Waals surface area (Å²) < 4.78 is 5.64. The molecule has 1 unspecified atom stereocenters. The van der Waals surface area contributed by atoms with E-state index in [-0.39, 0.29) is 0 Å². The highest BCUT2D eigenvalue weighted by Gasteiger charge is 2.13. The Bertz CT molecular complexity index is 698. The van der Waals surface area contributed by atoms with Gasteiger partial charge < -0.3 is 15.8 Å². The molecule has 0 amide bonds. The fourth-order valence-electron chi connectivity index (χ4n) is 2.87. The standard InChI is InChI=1S/C21H31N3O/c1-6-16-12-18(19-8-7-9-21(22)24-19)20(25-5)13-17(16)10-11-23-15(4)14(2)3/h7-9,12-15,23H,6,10-11H2,1-5H3,(H2,22,24). The van der Waals surface area contributed by atoms with Gasteiger partial charge in [0.05, 0.1) is 12.8 Å². The van der Waals surface area contributed by atoms with Gasteiger partial charge in [-0.1, -0.05) is 26.8 Å². The van der Waals surface area contributed by atoms with Crippen molar-refractivity contribution in [2.75, 3.05) is 19.4 Å². The van der Waals surface area contributed by atoms with Crippen molar-refractivity contribution in [2.24, 2.45) is 5.92 Å². The highest BCUT2D eigenvalue weighted by atomic mass is 16.5. The van der Waals surface area contributed by atoms with Crippen LogP contribution in [0.15, 0.2) is 30.3 Å². The molecule has 3 N–H and O–H groups in total. The number of rotatable bonds is 8. The molecule has 2 rings (SSSR count). The summed E-state index contributed by atoms with van der Waals surface area (Å²) in [6, 6.07) is 10.6. The Labute approximate surface area is 151 Å². The van der Waals surface area contributed by atoms with Gasteiger partial charge in [-0.15, -0.1) is 0 Å². The van der Waals surface area contributed by atoms with E-state index in [2.05, 4.69) is 50.1 Å². The van der Waals surface area contributed by atoms with Crippen molar-refractivity contribution >= 4 is 5.82 Å². The van der Waals surface area contributed by atoms with Crippen LogP contribution in [0.25, 0.3) is 11.3 Å². The van der Waals surface area contributed by atoms with Crippen LogP contribution in [0.3, 0.4) is 0 Å². The van der Waals surface area contributed by atoms with Crippen LogP contribution in [0.2, 0.25) is 0 Å². The molecular weight excluding hydrogens is 310 g/mol. The summed E-state index contributed by atoms with van der Waals surface area (Å²) in [7, 11) is 1.71. The maximum atomic E-state index is 5.85. The van der Waals surface area contributed by atoms with Crippen LogP contribution < -0.4 is 15.8 Å². The van der Waals surface area contributed by atoms with Crippen molar-refractivity contribution < 1.29 is 4.74 Å². The summed E-state index contributed by atoms with van der Waals surface area (Å²) in [6.45, 7) is 9.87. The van der Waals surface area contributed by atoms with Crippen molar-refractivity contribution in [2.45, 2.75) is 46.6 Å². The molecule has 0 fully saturated rings. The van der Waals surface area contributed by atoms with Crippen LogP contribution >= 0.6 is 0 Å². The zero-order valence-corrected chi connectivity index (χ0v) is 16.1. The summed E-state index contributed by atoms with van der Waals surface area (Å²) in [5, 5.41) is 3.60. The van der Waals surface area contributed by atoms with Gasteiger partial charge >= 0.3 is 0 Å². The highest BCUT2D eigenvalue weighted by molar-refractivity contribution is 5.70. The maximum Gasteiger partial charge on any atom is 0.128 e. The van der Waals surface area contributed by atoms with Crippen molar-refractivity contribution in [1.82, 2.24) is 10.3 Å². The van der Waals surface area contributed by atoms with Gasteiger partial charge in [0.25, 0.3) is 0 Å². The SMILES string of the molecule is CCc1cc(-c2cccc(N)n2)c(OC)cc1CCNC(C)C(C)C. The molecule has 1 heterocycles. The first-order valence-electron chi connectivity index (χ1n) is 9.12. The number of benzene rings is 1. The first kappa shape index (κ1) is 19.3. The Morgan fingerprint density at radius 1 is 1.16 bits per heavy atom. The number of nitrogens with zero attached hydrogens (tertiary/aromatic N) is 1. The number of nitrogen functional groups attached to an aromatic ring is 1. The Morgan fingerprint density at radius 3 is 2.52 bits per heavy atom. The van der Waals surface area contributed by atoms with Gasteiger partial charge in [-0.3, -0.25) is 0 Å². The van der Waals surface area contributed by atoms with Crippen molar-refractivity contribution in [1.29, 1.82) is 0 Å². The summed E-state index contributed by atoms with van der Waals surface area (Å²) in [4.78, 5) is 4.45. The molecule has 136 valence electrons. The van der Waals surface area contributed by atoms with Crippen molar-refractivity contribution in [3.63, 3.8) is 0 Å². The number of methoxy groups -OCH3 is 1. The molecule has 4 nitrogen and oxygen atoms in total. The molecule has 0 aliphatic carbocycles. The van der Waals surface area contributed by atoms with E-state index in [4.69, 9.17) is 10.5 Å². The van der Waals surface area contributed by atoms with E-state index in [1.54, 1.807) is 13.2 Å². The molecule has 0 spiro atoms. The van der Waals surface area contributed by atoms with E-state index in [1.807, 2.05) is 12.1 Å². The summed E-state index contributed by atoms with van der Waals surface area (Å²) in [5.41, 5.74) is 10.4. The summed E-state index contributed by atoms with van der Waals surface area (Å²) in [6.07, 6.45) is 1.97. The molecule has 0 saturated carbocycles. The minimum atomic E-state index is 0.516. The topological polar surface area (TPSA) is 60.2 Å². The molecule has 0 radical (unpaired) electrons. The number of ether oxygens (including phenoxy) is 1. The third-order valence-corrected chi connectivity index (χ3v) is 4.81. The van der Waals surface area contributed by atoms with E-state index in [0.717, 1.165) is 36.4 Å². The van der Waals surface area contributed by atoms with E-state index in [0.29, 0.717) is 17.8 Å². The quantitative estimate of drug-likeness (QED) is 0.759. The first-order chi connectivity index (χ1) is 12.0. The number of aryl methyl sites for hydroxylation is 1. The van der Waals surface area contributed by atoms with Gasteiger partial charge in [-0.2, -0.15) is 0 Å². The van der Waals surface area contributed by atoms with Crippen LogP contribution in [0.5, 0.6) is 5.75 Å². The molecular formula is C21H31N3O. The number of nitrogens with two attached hydrogens (primary N) is 1. The number of aromatic nitrogens is 1. The number of hydrogen-bond donors (Lipinski definition) is 2. The second kappa shape index (κ2) is 8.86. The van der Waals surface area contributed by atoms with Gasteiger partial charge in [-0.25, -0.2) is 4.98 Å². The van der Waals surface area contributed by atoms with Gasteiger partial charge in [0, 0.05) is 11.6 Å². The lowest BCUT2D eigenvalue weighted by Gasteiger charge is -2.19. The zero-order chi connectivity index (χ0) is 18.4. The molecule has 0 aliphatic rings. The smallest absolute Gasteiger partial charge is 0.128 e. The Hall–Kier alpha value is -2.07. The van der Waals surface area contributed by atoms with Crippen LogP contribution in [0.1, 0.15) is 38.8 Å². The average Bonchev–Trinajstić information content (AvgIpc) is 2.60. The van der Waals surface area contributed by atoms with Gasteiger partial charge in [0.2, 0.25) is 0 Å². The fraction of sp³-hybridized carbons (Fsp3) is 0.476. The van der Waals surface area contributed by atoms with Crippen molar-refractivity contribution in [3.8, 4) is 17.0 Å². The molecule has 0 saturated heterocycles. The average molecular weight is 341 g/mol. The maximum absolute atomic E-state index is 5.85. The Morgan fingerprint density at radius 2 is 1.92 bits per heavy atom. The third-order valence-electron chi connectivity index (χ3n) is 4.81. The number of anilines is 1. The van der Waals surface area contributed by atoms with Crippen LogP contribution in [-0.4, -0.2) is 24.7 Å². The van der Waals surface area contributed by atoms with Gasteiger partial charge in [0.1, 0.15) is 11.6 Å². The first-order valence-corrected chi connectivity index (χ1v) is 9.12. The van der Waals surface area contributed by atoms with Gasteiger partial charge in [0.15, 0.2) is 0 Å². The Balaban J connectivity index is 2.27. The molecule has 1 aromatic heterocycles. The van der Waals surface area contributed by atoms with E-state index in [1.165, 1.54) is 11.1 Å². The fourth-order valence-corrected chi connectivity index (χ4v) is 2.87. The number of pyridine rings is 1.